The third kappa shape index (κ3) is 8.46. The van der Waals surface area contributed by atoms with Crippen molar-refractivity contribution in [3.63, 3.8) is 0 Å². The van der Waals surface area contributed by atoms with E-state index in [0.29, 0.717) is 38.7 Å². The standard InChI is InChI=1S/C46H38N3O.C14H16NSi.Ir/c1-26(2)37-24-32(30-13-8-7-9-14-30)25-38(27(3)4)44(37)49-40-18-11-10-17-39(40)48-46(49)36-16-12-15-35-43-34-20-19-31-23-28(5)47-29(6)42(31)33(34)21-22-41(43)50-45(35)36;1-16(2,3)13-9-10-14(15-11-13)12-7-5-4-6-8-12;/h7-15,17-27H,1-6H3;4-7,9-11H,1-3H3;/q2*-1;/i5D3,6D3;;. The molecule has 0 aliphatic heterocycles. The number of benzene rings is 7. The molecule has 0 aliphatic rings. The summed E-state index contributed by atoms with van der Waals surface area (Å²) in [5.41, 5.74) is 11.2. The summed E-state index contributed by atoms with van der Waals surface area (Å²) in [4.78, 5) is 14.0. The van der Waals surface area contributed by atoms with Crippen molar-refractivity contribution < 1.29 is 32.7 Å². The molecule has 0 bridgehead atoms. The zero-order valence-electron chi connectivity index (χ0n) is 44.6. The van der Waals surface area contributed by atoms with Crippen LogP contribution >= 0.6 is 0 Å². The van der Waals surface area contributed by atoms with Crippen molar-refractivity contribution in [3.05, 3.63) is 186 Å². The zero-order valence-corrected chi connectivity index (χ0v) is 42.0. The van der Waals surface area contributed by atoms with Gasteiger partial charge in [0, 0.05) is 62.4 Å². The maximum absolute atomic E-state index is 8.35. The summed E-state index contributed by atoms with van der Waals surface area (Å²) in [6, 6.07) is 54.9. The van der Waals surface area contributed by atoms with E-state index in [1.54, 1.807) is 6.07 Å². The van der Waals surface area contributed by atoms with Gasteiger partial charge in [-0.05, 0) is 117 Å². The average Bonchev–Trinajstić information content (AvgIpc) is 3.94. The molecule has 0 amide bonds. The van der Waals surface area contributed by atoms with Crippen molar-refractivity contribution in [2.75, 3.05) is 0 Å². The SMILES string of the molecule is C[Si](C)(C)c1ccc(-c2[c-]cccc2)nc1.[2H]C([2H])([2H])c1cc2ccc3c(ccc4oc5c(-c6nc7ccccc7n6-c6c(C(C)C)cc(-c7ccccc7)cc6C(C)C)[c-]ccc5c43)c2c(C([2H])([2H])[2H])n1.[Ir]. The first-order valence-electron chi connectivity index (χ1n) is 25.6. The Bertz CT molecular complexity index is 3790. The Balaban J connectivity index is 0.000000329. The molecule has 0 aliphatic carbocycles. The Hall–Kier alpha value is -6.50. The molecule has 11 rings (SSSR count). The topological polar surface area (TPSA) is 56.7 Å². The number of hydrogen-bond acceptors (Lipinski definition) is 4. The monoisotopic (exact) mass is 1070 g/mol. The van der Waals surface area contributed by atoms with Crippen molar-refractivity contribution in [2.24, 2.45) is 0 Å². The van der Waals surface area contributed by atoms with Crippen molar-refractivity contribution in [1.29, 1.82) is 0 Å². The quantitative estimate of drug-likeness (QED) is 0.0907. The Kier molecular flexibility index (Phi) is 10.5. The van der Waals surface area contributed by atoms with Crippen LogP contribution < -0.4 is 5.19 Å². The van der Waals surface area contributed by atoms with Gasteiger partial charge in [0.25, 0.3) is 0 Å². The Labute approximate surface area is 416 Å². The minimum atomic E-state index is -2.65. The summed E-state index contributed by atoms with van der Waals surface area (Å²) >= 11 is 0. The third-order valence-electron chi connectivity index (χ3n) is 12.5. The van der Waals surface area contributed by atoms with Crippen LogP contribution in [0.25, 0.3) is 94.0 Å². The second-order valence-corrected chi connectivity index (χ2v) is 23.7. The van der Waals surface area contributed by atoms with Gasteiger partial charge in [-0.25, -0.2) is 0 Å². The second-order valence-electron chi connectivity index (χ2n) is 18.6. The van der Waals surface area contributed by atoms with Gasteiger partial charge >= 0.3 is 0 Å². The molecular weight excluding hydrogens is 1010 g/mol. The fraction of sp³-hybridized carbons (Fsp3) is 0.183. The van der Waals surface area contributed by atoms with Crippen LogP contribution in [0.2, 0.25) is 19.6 Å². The number of nitrogens with zero attached hydrogens (tertiary/aromatic N) is 4. The molecule has 67 heavy (non-hydrogen) atoms. The number of hydrogen-bond donors (Lipinski definition) is 0. The zero-order chi connectivity index (χ0) is 50.9. The van der Waals surface area contributed by atoms with E-state index in [9.17, 15) is 0 Å². The van der Waals surface area contributed by atoms with Crippen molar-refractivity contribution >= 4 is 67.8 Å². The molecule has 0 fully saturated rings. The molecule has 7 aromatic carbocycles. The molecule has 4 heterocycles. The number of rotatable bonds is 7. The molecule has 4 aromatic heterocycles. The van der Waals surface area contributed by atoms with Gasteiger partial charge in [-0.2, -0.15) is 0 Å². The van der Waals surface area contributed by atoms with Crippen LogP contribution in [-0.4, -0.2) is 27.6 Å². The van der Waals surface area contributed by atoms with Gasteiger partial charge in [0.05, 0.1) is 30.5 Å². The average molecular weight is 1070 g/mol. The van der Waals surface area contributed by atoms with Crippen molar-refractivity contribution in [1.82, 2.24) is 19.5 Å². The van der Waals surface area contributed by atoms with Gasteiger partial charge in [-0.15, -0.1) is 54.1 Å². The van der Waals surface area contributed by atoms with Gasteiger partial charge in [0.2, 0.25) is 0 Å². The number of fused-ring (bicyclic) bond motifs is 8. The summed E-state index contributed by atoms with van der Waals surface area (Å²) in [5.74, 6) is 1.09. The molecule has 0 spiro atoms. The van der Waals surface area contributed by atoms with E-state index in [1.807, 2.05) is 85.1 Å². The normalized spacial score (nSPS) is 13.5. The molecule has 0 atom stereocenters. The first kappa shape index (κ1) is 38.6. The van der Waals surface area contributed by atoms with E-state index in [4.69, 9.17) is 17.6 Å². The van der Waals surface area contributed by atoms with Gasteiger partial charge in [0.1, 0.15) is 5.58 Å². The number of para-hydroxylation sites is 2. The minimum Gasteiger partial charge on any atom is -0.501 e. The van der Waals surface area contributed by atoms with Crippen LogP contribution in [0.1, 0.15) is 70.3 Å². The van der Waals surface area contributed by atoms with E-state index in [0.717, 1.165) is 44.1 Å². The smallest absolute Gasteiger partial charge is 0.121 e. The summed E-state index contributed by atoms with van der Waals surface area (Å²) in [6.45, 7) is 10.7. The third-order valence-corrected chi connectivity index (χ3v) is 14.6. The predicted molar refractivity (Wildman–Crippen MR) is 280 cm³/mol. The predicted octanol–water partition coefficient (Wildman–Crippen LogP) is 15.7. The summed E-state index contributed by atoms with van der Waals surface area (Å²) in [7, 11) is -1.23. The van der Waals surface area contributed by atoms with E-state index in [2.05, 4.69) is 129 Å². The van der Waals surface area contributed by atoms with Crippen molar-refractivity contribution in [2.45, 2.75) is 72.9 Å². The molecule has 0 saturated heterocycles. The molecule has 0 unspecified atom stereocenters. The minimum absolute atomic E-state index is 0. The van der Waals surface area contributed by atoms with Crippen LogP contribution in [0.3, 0.4) is 0 Å². The second kappa shape index (κ2) is 18.3. The molecule has 7 heteroatoms. The largest absolute Gasteiger partial charge is 0.501 e. The molecule has 0 saturated carbocycles. The maximum Gasteiger partial charge on any atom is 0.121 e. The number of aromatic nitrogens is 4. The molecule has 11 aromatic rings. The fourth-order valence-electron chi connectivity index (χ4n) is 9.15. The van der Waals surface area contributed by atoms with E-state index in [1.165, 1.54) is 33.5 Å². The molecule has 0 N–H and O–H groups in total. The fourth-order valence-corrected chi connectivity index (χ4v) is 10.2. The van der Waals surface area contributed by atoms with Crippen LogP contribution in [-0.2, 0) is 20.1 Å². The number of imidazole rings is 1. The van der Waals surface area contributed by atoms with Crippen LogP contribution in [0.5, 0.6) is 0 Å². The summed E-state index contributed by atoms with van der Waals surface area (Å²) < 4.78 is 58.0. The van der Waals surface area contributed by atoms with Crippen LogP contribution in [0.4, 0.5) is 0 Å². The number of furan rings is 1. The molecule has 335 valence electrons. The van der Waals surface area contributed by atoms with Gasteiger partial charge in [-0.3, -0.25) is 9.97 Å². The van der Waals surface area contributed by atoms with Gasteiger partial charge in [0.15, 0.2) is 0 Å². The van der Waals surface area contributed by atoms with Crippen LogP contribution in [0.15, 0.2) is 156 Å². The maximum atomic E-state index is 8.35. The summed E-state index contributed by atoms with van der Waals surface area (Å²) in [5, 5.41) is 5.36. The first-order valence-corrected chi connectivity index (χ1v) is 26.1. The van der Waals surface area contributed by atoms with E-state index >= 15 is 0 Å². The number of aryl methyl sites for hydroxylation is 2. The molecule has 1 radical (unpaired) electrons. The Morgan fingerprint density at radius 2 is 1.39 bits per heavy atom. The first-order chi connectivity index (χ1) is 34.3. The number of pyridine rings is 2. The molecular formula is C60H54IrN4OSi-2. The van der Waals surface area contributed by atoms with E-state index < -0.39 is 21.8 Å². The van der Waals surface area contributed by atoms with E-state index in [-0.39, 0.29) is 43.3 Å². The summed E-state index contributed by atoms with van der Waals surface area (Å²) in [6.07, 6.45) is 2.02. The van der Waals surface area contributed by atoms with Gasteiger partial charge < -0.3 is 14.0 Å². The van der Waals surface area contributed by atoms with Gasteiger partial charge in [-0.1, -0.05) is 125 Å². The van der Waals surface area contributed by atoms with Crippen LogP contribution in [0, 0.1) is 25.8 Å². The molecule has 5 nitrogen and oxygen atoms in total. The Morgan fingerprint density at radius 3 is 2.07 bits per heavy atom. The van der Waals surface area contributed by atoms with Crippen molar-refractivity contribution in [3.8, 4) is 39.5 Å². The Morgan fingerprint density at radius 1 is 0.657 bits per heavy atom.